The molecule has 0 fully saturated rings. The molecule has 1 aliphatic heterocycles. The quantitative estimate of drug-likeness (QED) is 0.506. The molecule has 0 aliphatic carbocycles. The summed E-state index contributed by atoms with van der Waals surface area (Å²) in [5.41, 5.74) is 3.85. The fraction of sp³-hybridized carbons (Fsp3) is 0.174. The minimum Gasteiger partial charge on any atom is -0.481 e. The fourth-order valence-electron chi connectivity index (χ4n) is 3.84. The van der Waals surface area contributed by atoms with Crippen molar-refractivity contribution in [2.75, 3.05) is 11.9 Å². The largest absolute Gasteiger partial charge is 0.481 e. The van der Waals surface area contributed by atoms with E-state index < -0.39 is 0 Å². The number of rotatable bonds is 4. The van der Waals surface area contributed by atoms with Gasteiger partial charge in [0.15, 0.2) is 0 Å². The van der Waals surface area contributed by atoms with Crippen molar-refractivity contribution in [1.82, 2.24) is 14.8 Å². The molecule has 7 heteroatoms. The third kappa shape index (κ3) is 3.11. The molecule has 1 aliphatic rings. The number of terminal acetylenes is 1. The molecule has 30 heavy (non-hydrogen) atoms. The van der Waals surface area contributed by atoms with Crippen LogP contribution in [0.3, 0.4) is 0 Å². The molecule has 1 unspecified atom stereocenters. The van der Waals surface area contributed by atoms with Crippen molar-refractivity contribution < 1.29 is 9.53 Å². The molecular weight excluding hydrogens is 396 g/mol. The summed E-state index contributed by atoms with van der Waals surface area (Å²) in [6.07, 6.45) is 5.62. The Bertz CT molecular complexity index is 1260. The van der Waals surface area contributed by atoms with Crippen LogP contribution in [0, 0.1) is 19.3 Å². The first-order valence-corrected chi connectivity index (χ1v) is 10.4. The normalized spacial score (nSPS) is 15.5. The first-order chi connectivity index (χ1) is 14.6. The molecule has 0 saturated carbocycles. The lowest BCUT2D eigenvalue weighted by Crippen LogP contribution is -2.24. The van der Waals surface area contributed by atoms with Gasteiger partial charge in [0.2, 0.25) is 11.0 Å². The number of thiazole rings is 1. The molecule has 6 nitrogen and oxygen atoms in total. The summed E-state index contributed by atoms with van der Waals surface area (Å²) < 4.78 is 8.30. The van der Waals surface area contributed by atoms with E-state index >= 15 is 0 Å². The van der Waals surface area contributed by atoms with Crippen LogP contribution in [0.2, 0.25) is 0 Å². The van der Waals surface area contributed by atoms with Crippen molar-refractivity contribution in [2.45, 2.75) is 19.3 Å². The van der Waals surface area contributed by atoms with Crippen LogP contribution in [0.15, 0.2) is 48.5 Å². The molecule has 3 heterocycles. The van der Waals surface area contributed by atoms with E-state index in [2.05, 4.69) is 11.2 Å². The molecule has 0 bridgehead atoms. The van der Waals surface area contributed by atoms with E-state index in [0.29, 0.717) is 18.0 Å². The van der Waals surface area contributed by atoms with Gasteiger partial charge >= 0.3 is 0 Å². The van der Waals surface area contributed by atoms with Crippen molar-refractivity contribution in [3.63, 3.8) is 0 Å². The van der Waals surface area contributed by atoms with Crippen molar-refractivity contribution in [2.24, 2.45) is 0 Å². The molecule has 1 atom stereocenters. The minimum absolute atomic E-state index is 0.0394. The number of aromatic nitrogens is 3. The molecule has 0 radical (unpaired) electrons. The van der Waals surface area contributed by atoms with Gasteiger partial charge in [-0.3, -0.25) is 4.79 Å². The van der Waals surface area contributed by atoms with Crippen molar-refractivity contribution in [1.29, 1.82) is 0 Å². The first-order valence-electron chi connectivity index (χ1n) is 9.55. The second-order valence-corrected chi connectivity index (χ2v) is 8.10. The van der Waals surface area contributed by atoms with E-state index in [1.165, 1.54) is 0 Å². The summed E-state index contributed by atoms with van der Waals surface area (Å²) in [7, 11) is 0. The molecule has 2 aromatic heterocycles. The summed E-state index contributed by atoms with van der Waals surface area (Å²) >= 11 is 1.55. The van der Waals surface area contributed by atoms with Gasteiger partial charge in [-0.1, -0.05) is 41.5 Å². The number of hydrogen-bond donors (Lipinski definition) is 1. The highest BCUT2D eigenvalue weighted by atomic mass is 32.1. The number of hydrogen-bond acceptors (Lipinski definition) is 5. The van der Waals surface area contributed by atoms with E-state index in [4.69, 9.17) is 21.2 Å². The van der Waals surface area contributed by atoms with Crippen LogP contribution in [-0.2, 0) is 4.79 Å². The lowest BCUT2D eigenvalue weighted by atomic mass is 9.86. The number of carbonyl (C=O) groups is 1. The Morgan fingerprint density at radius 3 is 2.83 bits per heavy atom. The number of nitrogens with one attached hydrogen (secondary N) is 1. The van der Waals surface area contributed by atoms with Gasteiger partial charge in [-0.15, -0.1) is 6.42 Å². The van der Waals surface area contributed by atoms with Crippen LogP contribution in [0.5, 0.6) is 5.75 Å². The van der Waals surface area contributed by atoms with Crippen LogP contribution in [0.4, 0.5) is 5.82 Å². The Kier molecular flexibility index (Phi) is 4.49. The highest BCUT2D eigenvalue weighted by molar-refractivity contribution is 7.20. The zero-order valence-corrected chi connectivity index (χ0v) is 17.1. The Balaban J connectivity index is 1.57. The number of para-hydroxylation sites is 1. The second-order valence-electron chi connectivity index (χ2n) is 7.09. The summed E-state index contributed by atoms with van der Waals surface area (Å²) in [4.78, 5) is 17.3. The monoisotopic (exact) mass is 414 g/mol. The van der Waals surface area contributed by atoms with Gasteiger partial charge in [-0.05, 0) is 36.8 Å². The van der Waals surface area contributed by atoms with Crippen LogP contribution in [0.25, 0.3) is 15.3 Å². The maximum atomic E-state index is 12.6. The number of anilines is 1. The number of fused-ring (bicyclic) bond motifs is 2. The molecule has 2 aromatic carbocycles. The number of benzene rings is 2. The molecule has 4 aromatic rings. The molecule has 1 amide bonds. The second kappa shape index (κ2) is 7.32. The number of ether oxygens (including phenoxy) is 1. The standard InChI is InChI=1S/C23H18N4O2S/c1-3-12-29-16-10-8-15(9-11-16)17-13-20(28)25-22-21(17)14(2)26-27(22)23-24-18-6-4-5-7-19(18)30-23/h1,4-11,17H,12-13H2,2H3,(H,25,28). The van der Waals surface area contributed by atoms with Crippen LogP contribution in [0.1, 0.15) is 29.2 Å². The Morgan fingerprint density at radius 2 is 2.07 bits per heavy atom. The maximum Gasteiger partial charge on any atom is 0.226 e. The maximum absolute atomic E-state index is 12.6. The van der Waals surface area contributed by atoms with E-state index in [0.717, 1.165) is 32.2 Å². The van der Waals surface area contributed by atoms with Crippen molar-refractivity contribution >= 4 is 33.3 Å². The van der Waals surface area contributed by atoms with E-state index in [1.54, 1.807) is 16.0 Å². The number of nitrogens with zero attached hydrogens (tertiary/aromatic N) is 3. The van der Waals surface area contributed by atoms with E-state index in [1.807, 2.05) is 55.5 Å². The summed E-state index contributed by atoms with van der Waals surface area (Å²) in [5.74, 6) is 3.74. The van der Waals surface area contributed by atoms with Crippen molar-refractivity contribution in [3.05, 3.63) is 65.4 Å². The number of amides is 1. The SMILES string of the molecule is C#CCOc1ccc(C2CC(=O)Nc3c2c(C)nn3-c2nc3ccccc3s2)cc1. The molecular formula is C23H18N4O2S. The zero-order chi connectivity index (χ0) is 20.7. The lowest BCUT2D eigenvalue weighted by molar-refractivity contribution is -0.116. The third-order valence-electron chi connectivity index (χ3n) is 5.17. The van der Waals surface area contributed by atoms with Gasteiger partial charge in [0, 0.05) is 17.9 Å². The first kappa shape index (κ1) is 18.4. The Morgan fingerprint density at radius 1 is 1.27 bits per heavy atom. The van der Waals surface area contributed by atoms with Crippen LogP contribution >= 0.6 is 11.3 Å². The summed E-state index contributed by atoms with van der Waals surface area (Å²) in [6.45, 7) is 2.20. The van der Waals surface area contributed by atoms with Gasteiger partial charge in [0.1, 0.15) is 18.2 Å². The van der Waals surface area contributed by atoms with Gasteiger partial charge in [0.05, 0.1) is 15.9 Å². The predicted molar refractivity (Wildman–Crippen MR) is 117 cm³/mol. The molecule has 148 valence electrons. The molecule has 0 spiro atoms. The van der Waals surface area contributed by atoms with E-state index in [-0.39, 0.29) is 18.4 Å². The zero-order valence-electron chi connectivity index (χ0n) is 16.3. The average Bonchev–Trinajstić information content (AvgIpc) is 3.33. The fourth-order valence-corrected chi connectivity index (χ4v) is 4.77. The van der Waals surface area contributed by atoms with Gasteiger partial charge < -0.3 is 10.1 Å². The third-order valence-corrected chi connectivity index (χ3v) is 6.18. The summed E-state index contributed by atoms with van der Waals surface area (Å²) in [5, 5.41) is 8.48. The van der Waals surface area contributed by atoms with E-state index in [9.17, 15) is 4.79 Å². The smallest absolute Gasteiger partial charge is 0.226 e. The van der Waals surface area contributed by atoms with Gasteiger partial charge in [-0.2, -0.15) is 9.78 Å². The minimum atomic E-state index is -0.0847. The number of aryl methyl sites for hydroxylation is 1. The van der Waals surface area contributed by atoms with Gasteiger partial charge in [-0.25, -0.2) is 4.98 Å². The van der Waals surface area contributed by atoms with Crippen LogP contribution < -0.4 is 10.1 Å². The Hall–Kier alpha value is -3.63. The molecule has 1 N–H and O–H groups in total. The molecule has 0 saturated heterocycles. The van der Waals surface area contributed by atoms with Gasteiger partial charge in [0.25, 0.3) is 0 Å². The highest BCUT2D eigenvalue weighted by Gasteiger charge is 2.33. The lowest BCUT2D eigenvalue weighted by Gasteiger charge is -2.24. The highest BCUT2D eigenvalue weighted by Crippen LogP contribution is 2.41. The Labute approximate surface area is 177 Å². The summed E-state index contributed by atoms with van der Waals surface area (Å²) in [6, 6.07) is 15.7. The van der Waals surface area contributed by atoms with Crippen molar-refractivity contribution in [3.8, 4) is 23.2 Å². The van der Waals surface area contributed by atoms with Crippen LogP contribution in [-0.4, -0.2) is 27.3 Å². The topological polar surface area (TPSA) is 69.0 Å². The number of carbonyl (C=O) groups excluding carboxylic acids is 1. The predicted octanol–water partition coefficient (Wildman–Crippen LogP) is 4.28. The average molecular weight is 414 g/mol. The molecule has 5 rings (SSSR count).